The van der Waals surface area contributed by atoms with Crippen LogP contribution in [0, 0.1) is 17.2 Å². The Labute approximate surface area is 117 Å². The Balaban J connectivity index is 1.73. The van der Waals surface area contributed by atoms with Crippen molar-refractivity contribution in [3.63, 3.8) is 0 Å². The lowest BCUT2D eigenvalue weighted by Gasteiger charge is -2.33. The molecule has 0 N–H and O–H groups in total. The fourth-order valence-electron chi connectivity index (χ4n) is 2.73. The van der Waals surface area contributed by atoms with Crippen LogP contribution in [0.5, 0.6) is 0 Å². The second-order valence-electron chi connectivity index (χ2n) is 5.06. The molecule has 1 atom stereocenters. The van der Waals surface area contributed by atoms with Gasteiger partial charge in [0.25, 0.3) is 0 Å². The van der Waals surface area contributed by atoms with Crippen LogP contribution in [-0.4, -0.2) is 32.8 Å². The molecular formula is C14H16N6. The highest BCUT2D eigenvalue weighted by atomic mass is 15.3. The molecule has 2 aromatic heterocycles. The Morgan fingerprint density at radius 2 is 2.40 bits per heavy atom. The number of piperidine rings is 1. The first-order valence-corrected chi connectivity index (χ1v) is 6.79. The molecular weight excluding hydrogens is 252 g/mol. The number of pyridine rings is 1. The molecule has 1 saturated heterocycles. The average Bonchev–Trinajstić information content (AvgIpc) is 3.00. The first-order valence-electron chi connectivity index (χ1n) is 6.79. The second kappa shape index (κ2) is 5.70. The van der Waals surface area contributed by atoms with E-state index in [1.165, 1.54) is 6.42 Å². The van der Waals surface area contributed by atoms with Gasteiger partial charge in [-0.1, -0.05) is 0 Å². The highest BCUT2D eigenvalue weighted by Gasteiger charge is 2.23. The predicted octanol–water partition coefficient (Wildman–Crippen LogP) is 1.46. The maximum absolute atomic E-state index is 9.18. The third-order valence-electron chi connectivity index (χ3n) is 3.64. The van der Waals surface area contributed by atoms with E-state index in [1.807, 2.05) is 10.7 Å². The summed E-state index contributed by atoms with van der Waals surface area (Å²) in [5.74, 6) is 1.32. The highest BCUT2D eigenvalue weighted by molar-refractivity contribution is 5.53. The van der Waals surface area contributed by atoms with Crippen molar-refractivity contribution in [3.05, 3.63) is 36.5 Å². The summed E-state index contributed by atoms with van der Waals surface area (Å²) in [5.41, 5.74) is 0.647. The molecule has 0 unspecified atom stereocenters. The van der Waals surface area contributed by atoms with Gasteiger partial charge in [-0.2, -0.15) is 10.4 Å². The SMILES string of the molecule is N#Cc1cccnc1N1CCC[C@H](Cn2cncn2)C1. The lowest BCUT2D eigenvalue weighted by atomic mass is 9.97. The van der Waals surface area contributed by atoms with Crippen molar-refractivity contribution >= 4 is 5.82 Å². The number of hydrogen-bond donors (Lipinski definition) is 0. The van der Waals surface area contributed by atoms with Crippen LogP contribution in [0.3, 0.4) is 0 Å². The normalized spacial score (nSPS) is 18.8. The van der Waals surface area contributed by atoms with Crippen molar-refractivity contribution < 1.29 is 0 Å². The van der Waals surface area contributed by atoms with E-state index in [0.29, 0.717) is 11.5 Å². The quantitative estimate of drug-likeness (QED) is 0.842. The second-order valence-corrected chi connectivity index (χ2v) is 5.06. The minimum absolute atomic E-state index is 0.513. The Kier molecular flexibility index (Phi) is 3.59. The van der Waals surface area contributed by atoms with Gasteiger partial charge in [-0.25, -0.2) is 9.97 Å². The molecule has 0 amide bonds. The van der Waals surface area contributed by atoms with E-state index in [0.717, 1.165) is 31.9 Å². The number of nitriles is 1. The van der Waals surface area contributed by atoms with Gasteiger partial charge in [0.05, 0.1) is 5.56 Å². The molecule has 0 radical (unpaired) electrons. The summed E-state index contributed by atoms with van der Waals surface area (Å²) >= 11 is 0. The van der Waals surface area contributed by atoms with Crippen molar-refractivity contribution in [2.75, 3.05) is 18.0 Å². The molecule has 0 bridgehead atoms. The largest absolute Gasteiger partial charge is 0.355 e. The van der Waals surface area contributed by atoms with Crippen LogP contribution in [-0.2, 0) is 6.54 Å². The first-order chi connectivity index (χ1) is 9.86. The number of nitrogens with zero attached hydrogens (tertiary/aromatic N) is 6. The smallest absolute Gasteiger partial charge is 0.146 e. The molecule has 3 heterocycles. The molecule has 6 heteroatoms. The monoisotopic (exact) mass is 268 g/mol. The van der Waals surface area contributed by atoms with E-state index in [9.17, 15) is 5.26 Å². The number of aromatic nitrogens is 4. The number of hydrogen-bond acceptors (Lipinski definition) is 5. The zero-order chi connectivity index (χ0) is 13.8. The maximum Gasteiger partial charge on any atom is 0.146 e. The Hall–Kier alpha value is -2.42. The van der Waals surface area contributed by atoms with Crippen LogP contribution in [0.2, 0.25) is 0 Å². The average molecular weight is 268 g/mol. The molecule has 2 aromatic rings. The Bertz CT molecular complexity index is 600. The Morgan fingerprint density at radius 1 is 1.45 bits per heavy atom. The molecule has 6 nitrogen and oxygen atoms in total. The van der Waals surface area contributed by atoms with Gasteiger partial charge in [0, 0.05) is 25.8 Å². The van der Waals surface area contributed by atoms with E-state index in [1.54, 1.807) is 24.9 Å². The van der Waals surface area contributed by atoms with E-state index < -0.39 is 0 Å². The third kappa shape index (κ3) is 2.62. The van der Waals surface area contributed by atoms with Gasteiger partial charge in [0.2, 0.25) is 0 Å². The van der Waals surface area contributed by atoms with Gasteiger partial charge in [0.15, 0.2) is 0 Å². The Morgan fingerprint density at radius 3 is 3.20 bits per heavy atom. The fraction of sp³-hybridized carbons (Fsp3) is 0.429. The third-order valence-corrected chi connectivity index (χ3v) is 3.64. The van der Waals surface area contributed by atoms with E-state index >= 15 is 0 Å². The van der Waals surface area contributed by atoms with Crippen molar-refractivity contribution in [3.8, 4) is 6.07 Å². The van der Waals surface area contributed by atoms with Gasteiger partial charge in [-0.3, -0.25) is 4.68 Å². The molecule has 20 heavy (non-hydrogen) atoms. The summed E-state index contributed by atoms with van der Waals surface area (Å²) < 4.78 is 1.87. The van der Waals surface area contributed by atoms with Gasteiger partial charge in [-0.05, 0) is 30.9 Å². The van der Waals surface area contributed by atoms with Crippen molar-refractivity contribution in [1.82, 2.24) is 19.7 Å². The minimum atomic E-state index is 0.513. The number of rotatable bonds is 3. The molecule has 0 aliphatic carbocycles. The summed E-state index contributed by atoms with van der Waals surface area (Å²) in [6.45, 7) is 2.73. The van der Waals surface area contributed by atoms with Crippen LogP contribution in [0.25, 0.3) is 0 Å². The molecule has 3 rings (SSSR count). The van der Waals surface area contributed by atoms with Crippen molar-refractivity contribution in [2.45, 2.75) is 19.4 Å². The van der Waals surface area contributed by atoms with Gasteiger partial charge >= 0.3 is 0 Å². The summed E-state index contributed by atoms with van der Waals surface area (Å²) in [6, 6.07) is 5.85. The minimum Gasteiger partial charge on any atom is -0.355 e. The summed E-state index contributed by atoms with van der Waals surface area (Å²) in [6.07, 6.45) is 7.34. The molecule has 1 fully saturated rings. The van der Waals surface area contributed by atoms with Crippen molar-refractivity contribution in [1.29, 1.82) is 5.26 Å². The van der Waals surface area contributed by atoms with Gasteiger partial charge < -0.3 is 4.90 Å². The summed E-state index contributed by atoms with van der Waals surface area (Å²) in [5, 5.41) is 13.3. The molecule has 0 aromatic carbocycles. The summed E-state index contributed by atoms with van der Waals surface area (Å²) in [7, 11) is 0. The van der Waals surface area contributed by atoms with Crippen molar-refractivity contribution in [2.24, 2.45) is 5.92 Å². The van der Waals surface area contributed by atoms with Crippen LogP contribution in [0.1, 0.15) is 18.4 Å². The maximum atomic E-state index is 9.18. The molecule has 0 saturated carbocycles. The molecule has 0 spiro atoms. The topological polar surface area (TPSA) is 70.6 Å². The van der Waals surface area contributed by atoms with Gasteiger partial charge in [-0.15, -0.1) is 0 Å². The zero-order valence-corrected chi connectivity index (χ0v) is 11.2. The fourth-order valence-corrected chi connectivity index (χ4v) is 2.73. The molecule has 102 valence electrons. The molecule has 1 aliphatic heterocycles. The zero-order valence-electron chi connectivity index (χ0n) is 11.2. The van der Waals surface area contributed by atoms with Crippen LogP contribution in [0.15, 0.2) is 31.0 Å². The van der Waals surface area contributed by atoms with Crippen LogP contribution < -0.4 is 4.90 Å². The van der Waals surface area contributed by atoms with E-state index in [4.69, 9.17) is 0 Å². The molecule has 1 aliphatic rings. The lowest BCUT2D eigenvalue weighted by Crippen LogP contribution is -2.38. The van der Waals surface area contributed by atoms with Gasteiger partial charge in [0.1, 0.15) is 24.5 Å². The van der Waals surface area contributed by atoms with E-state index in [-0.39, 0.29) is 0 Å². The summed E-state index contributed by atoms with van der Waals surface area (Å²) in [4.78, 5) is 10.6. The first kappa shape index (κ1) is 12.6. The van der Waals surface area contributed by atoms with E-state index in [2.05, 4.69) is 26.0 Å². The highest BCUT2D eigenvalue weighted by Crippen LogP contribution is 2.24. The predicted molar refractivity (Wildman–Crippen MR) is 73.9 cm³/mol. The van der Waals surface area contributed by atoms with Crippen LogP contribution >= 0.6 is 0 Å². The van der Waals surface area contributed by atoms with Crippen LogP contribution in [0.4, 0.5) is 5.82 Å². The standard InChI is InChI=1S/C14H16N6/c15-7-13-4-1-5-17-14(13)19-6-2-3-12(8-19)9-20-11-16-10-18-20/h1,4-5,10-12H,2-3,6,8-9H2/t12-/m0/s1. The number of anilines is 1. The lowest BCUT2D eigenvalue weighted by molar-refractivity contribution is 0.350.